The van der Waals surface area contributed by atoms with Gasteiger partial charge >= 0.3 is 0 Å². The SMILES string of the molecule is CS(=O)(=O)c1ccccc1-c1cn[nH]c1. The Bertz CT molecular complexity index is 559. The van der Waals surface area contributed by atoms with E-state index in [1.807, 2.05) is 0 Å². The molecule has 0 aliphatic carbocycles. The van der Waals surface area contributed by atoms with Crippen LogP contribution in [0.3, 0.4) is 0 Å². The van der Waals surface area contributed by atoms with E-state index in [2.05, 4.69) is 10.2 Å². The Morgan fingerprint density at radius 2 is 2.00 bits per heavy atom. The second kappa shape index (κ2) is 3.51. The summed E-state index contributed by atoms with van der Waals surface area (Å²) in [6, 6.07) is 6.87. The molecule has 1 aromatic heterocycles. The fourth-order valence-corrected chi connectivity index (χ4v) is 2.34. The summed E-state index contributed by atoms with van der Waals surface area (Å²) in [5.41, 5.74) is 1.45. The summed E-state index contributed by atoms with van der Waals surface area (Å²) in [5.74, 6) is 0. The monoisotopic (exact) mass is 222 g/mol. The van der Waals surface area contributed by atoms with Crippen LogP contribution in [0.4, 0.5) is 0 Å². The zero-order chi connectivity index (χ0) is 10.9. The maximum Gasteiger partial charge on any atom is 0.176 e. The van der Waals surface area contributed by atoms with E-state index in [4.69, 9.17) is 0 Å². The molecule has 0 saturated heterocycles. The number of hydrogen-bond acceptors (Lipinski definition) is 3. The number of rotatable bonds is 2. The van der Waals surface area contributed by atoms with Crippen molar-refractivity contribution in [3.05, 3.63) is 36.7 Å². The van der Waals surface area contributed by atoms with E-state index in [-0.39, 0.29) is 0 Å². The molecule has 0 aliphatic heterocycles. The average Bonchev–Trinajstić information content (AvgIpc) is 2.69. The number of benzene rings is 1. The van der Waals surface area contributed by atoms with Gasteiger partial charge in [0.2, 0.25) is 0 Å². The van der Waals surface area contributed by atoms with Crippen molar-refractivity contribution >= 4 is 9.84 Å². The third-order valence-electron chi connectivity index (χ3n) is 2.10. The summed E-state index contributed by atoms with van der Waals surface area (Å²) in [6.07, 6.45) is 4.47. The smallest absolute Gasteiger partial charge is 0.176 e. The summed E-state index contributed by atoms with van der Waals surface area (Å²) in [7, 11) is -3.20. The van der Waals surface area contributed by atoms with Crippen LogP contribution in [0.25, 0.3) is 11.1 Å². The van der Waals surface area contributed by atoms with Crippen molar-refractivity contribution in [1.82, 2.24) is 10.2 Å². The van der Waals surface area contributed by atoms with Gasteiger partial charge < -0.3 is 0 Å². The quantitative estimate of drug-likeness (QED) is 0.837. The van der Waals surface area contributed by atoms with Gasteiger partial charge in [-0.2, -0.15) is 5.10 Å². The van der Waals surface area contributed by atoms with Crippen LogP contribution in [-0.4, -0.2) is 24.9 Å². The Kier molecular flexibility index (Phi) is 2.32. The lowest BCUT2D eigenvalue weighted by Crippen LogP contribution is -1.99. The Hall–Kier alpha value is -1.62. The molecule has 0 atom stereocenters. The lowest BCUT2D eigenvalue weighted by atomic mass is 10.1. The first-order valence-electron chi connectivity index (χ1n) is 4.37. The van der Waals surface area contributed by atoms with Gasteiger partial charge in [0.25, 0.3) is 0 Å². The molecule has 15 heavy (non-hydrogen) atoms. The Morgan fingerprint density at radius 1 is 1.27 bits per heavy atom. The van der Waals surface area contributed by atoms with Gasteiger partial charge in [-0.1, -0.05) is 18.2 Å². The number of aromatic amines is 1. The number of aromatic nitrogens is 2. The van der Waals surface area contributed by atoms with Crippen LogP contribution < -0.4 is 0 Å². The number of nitrogens with one attached hydrogen (secondary N) is 1. The molecule has 4 nitrogen and oxygen atoms in total. The predicted molar refractivity (Wildman–Crippen MR) is 57.1 cm³/mol. The van der Waals surface area contributed by atoms with Gasteiger partial charge in [-0.05, 0) is 6.07 Å². The minimum Gasteiger partial charge on any atom is -0.285 e. The minimum atomic E-state index is -3.20. The van der Waals surface area contributed by atoms with E-state index < -0.39 is 9.84 Å². The molecule has 0 aliphatic rings. The van der Waals surface area contributed by atoms with E-state index in [1.165, 1.54) is 6.26 Å². The second-order valence-electron chi connectivity index (χ2n) is 3.26. The summed E-state index contributed by atoms with van der Waals surface area (Å²) < 4.78 is 23.0. The molecule has 0 bridgehead atoms. The van der Waals surface area contributed by atoms with Crippen LogP contribution in [0, 0.1) is 0 Å². The van der Waals surface area contributed by atoms with Gasteiger partial charge in [-0.15, -0.1) is 0 Å². The van der Waals surface area contributed by atoms with Gasteiger partial charge in [-0.25, -0.2) is 8.42 Å². The highest BCUT2D eigenvalue weighted by atomic mass is 32.2. The van der Waals surface area contributed by atoms with Gasteiger partial charge in [0.15, 0.2) is 9.84 Å². The van der Waals surface area contributed by atoms with E-state index in [1.54, 1.807) is 36.7 Å². The van der Waals surface area contributed by atoms with Crippen molar-refractivity contribution in [3.8, 4) is 11.1 Å². The van der Waals surface area contributed by atoms with Crippen LogP contribution >= 0.6 is 0 Å². The second-order valence-corrected chi connectivity index (χ2v) is 5.24. The van der Waals surface area contributed by atoms with Gasteiger partial charge in [0.1, 0.15) is 0 Å². The average molecular weight is 222 g/mol. The van der Waals surface area contributed by atoms with Crippen LogP contribution in [0.5, 0.6) is 0 Å². The molecule has 0 fully saturated rings. The predicted octanol–water partition coefficient (Wildman–Crippen LogP) is 1.48. The molecule has 0 saturated carbocycles. The van der Waals surface area contributed by atoms with Crippen molar-refractivity contribution in [2.24, 2.45) is 0 Å². The summed E-state index contributed by atoms with van der Waals surface area (Å²) in [4.78, 5) is 0.325. The minimum absolute atomic E-state index is 0.325. The normalized spacial score (nSPS) is 11.5. The maximum atomic E-state index is 11.5. The van der Waals surface area contributed by atoms with Crippen molar-refractivity contribution < 1.29 is 8.42 Å². The van der Waals surface area contributed by atoms with E-state index in [0.717, 1.165) is 5.56 Å². The Morgan fingerprint density at radius 3 is 2.60 bits per heavy atom. The lowest BCUT2D eigenvalue weighted by molar-refractivity contribution is 0.602. The first-order chi connectivity index (χ1) is 7.09. The number of nitrogens with zero attached hydrogens (tertiary/aromatic N) is 1. The highest BCUT2D eigenvalue weighted by molar-refractivity contribution is 7.90. The third kappa shape index (κ3) is 1.92. The van der Waals surface area contributed by atoms with Gasteiger partial charge in [0, 0.05) is 23.6 Å². The van der Waals surface area contributed by atoms with Crippen molar-refractivity contribution in [1.29, 1.82) is 0 Å². The van der Waals surface area contributed by atoms with Crippen molar-refractivity contribution in [3.63, 3.8) is 0 Å². The fraction of sp³-hybridized carbons (Fsp3) is 0.100. The largest absolute Gasteiger partial charge is 0.285 e. The molecule has 1 aromatic carbocycles. The van der Waals surface area contributed by atoms with Crippen molar-refractivity contribution in [2.45, 2.75) is 4.90 Å². The highest BCUT2D eigenvalue weighted by Gasteiger charge is 2.13. The standard InChI is InChI=1S/C10H10N2O2S/c1-15(13,14)10-5-3-2-4-9(10)8-6-11-12-7-8/h2-7H,1H3,(H,11,12). The Labute approximate surface area is 87.9 Å². The van der Waals surface area contributed by atoms with Gasteiger partial charge in [0.05, 0.1) is 11.1 Å². The van der Waals surface area contributed by atoms with E-state index in [0.29, 0.717) is 10.5 Å². The third-order valence-corrected chi connectivity index (χ3v) is 3.25. The van der Waals surface area contributed by atoms with E-state index >= 15 is 0 Å². The molecule has 5 heteroatoms. The molecule has 2 aromatic rings. The van der Waals surface area contributed by atoms with Crippen LogP contribution in [0.1, 0.15) is 0 Å². The van der Waals surface area contributed by atoms with Gasteiger partial charge in [-0.3, -0.25) is 5.10 Å². The molecular formula is C10H10N2O2S. The first-order valence-corrected chi connectivity index (χ1v) is 6.26. The Balaban J connectivity index is 2.68. The molecule has 78 valence electrons. The molecular weight excluding hydrogens is 212 g/mol. The van der Waals surface area contributed by atoms with Crippen LogP contribution in [0.15, 0.2) is 41.6 Å². The topological polar surface area (TPSA) is 62.8 Å². The summed E-state index contributed by atoms with van der Waals surface area (Å²) in [5, 5.41) is 6.46. The molecule has 2 rings (SSSR count). The number of sulfone groups is 1. The van der Waals surface area contributed by atoms with E-state index in [9.17, 15) is 8.42 Å². The molecule has 0 amide bonds. The molecule has 0 unspecified atom stereocenters. The van der Waals surface area contributed by atoms with Crippen LogP contribution in [0.2, 0.25) is 0 Å². The molecule has 0 radical (unpaired) electrons. The molecule has 1 heterocycles. The van der Waals surface area contributed by atoms with Crippen molar-refractivity contribution in [2.75, 3.05) is 6.26 Å². The zero-order valence-corrected chi connectivity index (χ0v) is 8.95. The first kappa shape index (κ1) is 9.92. The number of hydrogen-bond donors (Lipinski definition) is 1. The van der Waals surface area contributed by atoms with Crippen LogP contribution in [-0.2, 0) is 9.84 Å². The number of H-pyrrole nitrogens is 1. The lowest BCUT2D eigenvalue weighted by Gasteiger charge is -2.04. The zero-order valence-electron chi connectivity index (χ0n) is 8.14. The summed E-state index contributed by atoms with van der Waals surface area (Å²) in [6.45, 7) is 0. The fourth-order valence-electron chi connectivity index (χ4n) is 1.43. The highest BCUT2D eigenvalue weighted by Crippen LogP contribution is 2.25. The summed E-state index contributed by atoms with van der Waals surface area (Å²) >= 11 is 0. The molecule has 0 spiro atoms. The molecule has 1 N–H and O–H groups in total. The maximum absolute atomic E-state index is 11.5.